The van der Waals surface area contributed by atoms with Crippen molar-refractivity contribution in [1.29, 1.82) is 0 Å². The average molecular weight is 1200 g/mol. The van der Waals surface area contributed by atoms with E-state index in [9.17, 15) is 44.4 Å². The number of nitrogens with one attached hydrogen (secondary N) is 4. The van der Waals surface area contributed by atoms with Gasteiger partial charge in [0.2, 0.25) is 11.8 Å². The summed E-state index contributed by atoms with van der Waals surface area (Å²) in [5.74, 6) is -1.30. The van der Waals surface area contributed by atoms with E-state index in [1.165, 1.54) is 40.6 Å². The molecule has 3 amide bonds. The van der Waals surface area contributed by atoms with Gasteiger partial charge in [0.05, 0.1) is 10.6 Å². The van der Waals surface area contributed by atoms with Gasteiger partial charge in [0.15, 0.2) is 0 Å². The van der Waals surface area contributed by atoms with Crippen molar-refractivity contribution < 1.29 is 44.4 Å². The Morgan fingerprint density at radius 3 is 2.20 bits per heavy atom. The number of fused-ring (bicyclic) bond motifs is 2. The van der Waals surface area contributed by atoms with E-state index in [4.69, 9.17) is 11.6 Å². The van der Waals surface area contributed by atoms with E-state index in [2.05, 4.69) is 61.5 Å². The number of sulfone groups is 1. The number of carbonyl (C=O) groups is 3. The van der Waals surface area contributed by atoms with E-state index < -0.39 is 58.8 Å². The molecule has 82 heavy (non-hydrogen) atoms. The highest BCUT2D eigenvalue weighted by atomic mass is 35.5. The third-order valence-electron chi connectivity index (χ3n) is 16.4. The number of amides is 3. The molecule has 15 nitrogen and oxygen atoms in total. The maximum Gasteiger partial charge on any atom is 0.501 e. The largest absolute Gasteiger partial charge is 0.501 e. The van der Waals surface area contributed by atoms with Gasteiger partial charge < -0.3 is 15.5 Å². The van der Waals surface area contributed by atoms with Crippen molar-refractivity contribution in [3.63, 3.8) is 0 Å². The van der Waals surface area contributed by atoms with Gasteiger partial charge in [-0.25, -0.2) is 21.6 Å². The van der Waals surface area contributed by atoms with Gasteiger partial charge in [-0.15, -0.1) is 11.8 Å². The van der Waals surface area contributed by atoms with Gasteiger partial charge >= 0.3 is 5.51 Å². The van der Waals surface area contributed by atoms with Gasteiger partial charge in [-0.05, 0) is 140 Å². The molecule has 1 aliphatic carbocycles. The third kappa shape index (κ3) is 14.2. The predicted molar refractivity (Wildman–Crippen MR) is 315 cm³/mol. The van der Waals surface area contributed by atoms with E-state index in [0.717, 1.165) is 112 Å². The molecule has 4 saturated heterocycles. The second kappa shape index (κ2) is 24.7. The molecule has 0 saturated carbocycles. The van der Waals surface area contributed by atoms with Crippen molar-refractivity contribution in [2.45, 2.75) is 110 Å². The number of likely N-dealkylation sites (tertiary alicyclic amines) is 2. The summed E-state index contributed by atoms with van der Waals surface area (Å²) in [5.41, 5.74) is 0.756. The van der Waals surface area contributed by atoms with E-state index in [1.54, 1.807) is 12.1 Å². The first-order valence-corrected chi connectivity index (χ1v) is 32.1. The summed E-state index contributed by atoms with van der Waals surface area (Å²) in [6, 6.07) is 33.7. The zero-order valence-electron chi connectivity index (χ0n) is 45.8. The first-order valence-electron chi connectivity index (χ1n) is 27.7. The van der Waals surface area contributed by atoms with Crippen LogP contribution in [0.2, 0.25) is 5.02 Å². The Morgan fingerprint density at radius 1 is 0.829 bits per heavy atom. The number of carbonyl (C=O) groups excluding carboxylic acids is 3. The number of hydrogen-bond donors (Lipinski definition) is 4. The molecular formula is C60H68ClF3N8O7S3. The Hall–Kier alpha value is -5.94. The monoisotopic (exact) mass is 1200 g/mol. The number of imide groups is 1. The number of thioether (sulfide) groups is 1. The molecule has 4 aliphatic heterocycles. The van der Waals surface area contributed by atoms with Crippen LogP contribution in [0.25, 0.3) is 5.57 Å². The summed E-state index contributed by atoms with van der Waals surface area (Å²) < 4.78 is 99.8. The second-order valence-electron chi connectivity index (χ2n) is 22.8. The van der Waals surface area contributed by atoms with Crippen LogP contribution >= 0.6 is 23.4 Å². The Balaban J connectivity index is 0.770. The SMILES string of the molecule is CC1(C)CCC(c2ccc(Cl)cc2)=C(CN2CCN(c3ccc(C(=O)NS(=O)(=O)c4ccc(N[C@H](CCN5C[C@H]6C[C@@H]5CN6Cc5ccc(NC6CCC(=O)NC6=O)cc5)CSc5ccccc5)c(S(=O)(=O)C(F)(F)F)c4)cc3)CC2)C1. The molecule has 0 radical (unpaired) electrons. The summed E-state index contributed by atoms with van der Waals surface area (Å²) in [6.07, 6.45) is 5.19. The number of anilines is 3. The number of hydrogen-bond acceptors (Lipinski definition) is 14. The molecule has 4 atom stereocenters. The summed E-state index contributed by atoms with van der Waals surface area (Å²) >= 11 is 7.67. The van der Waals surface area contributed by atoms with Crippen LogP contribution in [0.15, 0.2) is 142 Å². The molecule has 5 aromatic rings. The van der Waals surface area contributed by atoms with Crippen LogP contribution in [-0.4, -0.2) is 137 Å². The smallest absolute Gasteiger partial charge is 0.380 e. The molecular weight excluding hydrogens is 1130 g/mol. The predicted octanol–water partition coefficient (Wildman–Crippen LogP) is 9.68. The highest BCUT2D eigenvalue weighted by molar-refractivity contribution is 7.99. The minimum absolute atomic E-state index is 0.0143. The maximum atomic E-state index is 14.5. The van der Waals surface area contributed by atoms with Gasteiger partial charge in [-0.2, -0.15) is 13.2 Å². The van der Waals surface area contributed by atoms with E-state index >= 15 is 0 Å². The van der Waals surface area contributed by atoms with Crippen molar-refractivity contribution in [2.75, 3.05) is 73.6 Å². The summed E-state index contributed by atoms with van der Waals surface area (Å²) in [5, 5.41) is 9.35. The minimum atomic E-state index is -6.12. The average Bonchev–Trinajstić information content (AvgIpc) is 4.18. The van der Waals surface area contributed by atoms with E-state index in [0.29, 0.717) is 36.2 Å². The summed E-state index contributed by atoms with van der Waals surface area (Å²) in [6.45, 7) is 11.4. The van der Waals surface area contributed by atoms with Crippen LogP contribution < -0.4 is 25.6 Å². The zero-order chi connectivity index (χ0) is 58.0. The van der Waals surface area contributed by atoms with Crippen molar-refractivity contribution in [1.82, 2.24) is 24.7 Å². The van der Waals surface area contributed by atoms with Crippen LogP contribution in [-0.2, 0) is 36.0 Å². The molecule has 0 aromatic heterocycles. The number of piperazine rings is 2. The number of sulfonamides is 1. The third-order valence-corrected chi connectivity index (χ3v) is 20.7. The van der Waals surface area contributed by atoms with Crippen LogP contribution in [0.4, 0.5) is 30.2 Å². The summed E-state index contributed by atoms with van der Waals surface area (Å²) in [4.78, 5) is 45.6. The van der Waals surface area contributed by atoms with Gasteiger partial charge in [0.1, 0.15) is 10.9 Å². The van der Waals surface area contributed by atoms with E-state index in [-0.39, 0.29) is 41.3 Å². The highest BCUT2D eigenvalue weighted by Gasteiger charge is 2.49. The quantitative estimate of drug-likeness (QED) is 0.0427. The number of benzene rings is 5. The standard InChI is InChI=1S/C60H68ClF3N8O7S3/c1-59(2)26-24-52(41-10-14-44(61)15-11-41)43(34-59)36-69-28-30-70(31-29-69)47-18-12-42(13-19-47)57(74)68-82(78,79)51-20-21-53(55(33-51)81(76,77)60(62,63)64)66-46(39-80-50-6-4-3-5-7-50)25-27-71-37-49-32-48(71)38-72(49)35-40-8-16-45(17-9-40)65-54-22-23-56(73)67-58(54)75/h3-21,33,46,48-49,54,65-66H,22-32,34-39H2,1-2H3,(H,68,74)(H,67,73,75)/t46-,48-,49-,54?/m1/s1. The Labute approximate surface area is 487 Å². The highest BCUT2D eigenvalue weighted by Crippen LogP contribution is 2.43. The normalized spacial score (nSPS) is 21.3. The Bertz CT molecular complexity index is 3400. The fraction of sp³-hybridized carbons (Fsp3) is 0.417. The first kappa shape index (κ1) is 59.2. The second-order valence-corrected chi connectivity index (χ2v) is 28.0. The molecule has 5 aliphatic rings. The number of allylic oxidation sites excluding steroid dienone is 1. The lowest BCUT2D eigenvalue weighted by atomic mass is 9.73. The topological polar surface area (TPSA) is 181 Å². The van der Waals surface area contributed by atoms with Gasteiger partial charge in [0.25, 0.3) is 25.8 Å². The number of piperidine rings is 1. The molecule has 0 spiro atoms. The van der Waals surface area contributed by atoms with Crippen LogP contribution in [0.3, 0.4) is 0 Å². The number of nitrogens with zero attached hydrogens (tertiary/aromatic N) is 4. The van der Waals surface area contributed by atoms with Crippen LogP contribution in [0.5, 0.6) is 0 Å². The minimum Gasteiger partial charge on any atom is -0.380 e. The fourth-order valence-electron chi connectivity index (χ4n) is 11.9. The molecule has 1 unspecified atom stereocenters. The van der Waals surface area contributed by atoms with Gasteiger partial charge in [-0.3, -0.25) is 34.4 Å². The lowest BCUT2D eigenvalue weighted by Crippen LogP contribution is -2.47. The number of rotatable bonds is 20. The van der Waals surface area contributed by atoms with Crippen LogP contribution in [0, 0.1) is 5.41 Å². The first-order chi connectivity index (χ1) is 39.1. The lowest BCUT2D eigenvalue weighted by Gasteiger charge is -2.39. The Morgan fingerprint density at radius 2 is 1.52 bits per heavy atom. The summed E-state index contributed by atoms with van der Waals surface area (Å²) in [7, 11) is -11.0. The molecule has 4 fully saturated rings. The fourth-order valence-corrected chi connectivity index (χ4v) is 15.1. The Kier molecular flexibility index (Phi) is 17.9. The van der Waals surface area contributed by atoms with Gasteiger partial charge in [-0.1, -0.05) is 73.5 Å². The lowest BCUT2D eigenvalue weighted by molar-refractivity contribution is -0.133. The molecule has 436 valence electrons. The van der Waals surface area contributed by atoms with Crippen molar-refractivity contribution >= 4 is 83.6 Å². The van der Waals surface area contributed by atoms with Crippen LogP contribution in [0.1, 0.15) is 80.3 Å². The molecule has 2 bridgehead atoms. The van der Waals surface area contributed by atoms with Crippen molar-refractivity contribution in [3.05, 3.63) is 149 Å². The number of halogens is 4. The van der Waals surface area contributed by atoms with Crippen molar-refractivity contribution in [3.8, 4) is 0 Å². The zero-order valence-corrected chi connectivity index (χ0v) is 49.0. The van der Waals surface area contributed by atoms with E-state index in [1.807, 2.05) is 71.5 Å². The number of alkyl halides is 3. The molecule has 4 heterocycles. The van der Waals surface area contributed by atoms with Crippen molar-refractivity contribution in [2.24, 2.45) is 5.41 Å². The van der Waals surface area contributed by atoms with Gasteiger partial charge in [0, 0.05) is 116 Å². The maximum absolute atomic E-state index is 14.5. The molecule has 4 N–H and O–H groups in total. The molecule has 10 rings (SSSR count). The molecule has 22 heteroatoms. The molecule has 5 aromatic carbocycles.